The zero-order valence-electron chi connectivity index (χ0n) is 12.3. The Morgan fingerprint density at radius 3 is 1.52 bits per heavy atom. The first-order chi connectivity index (χ1) is 11.4. The Kier molecular flexibility index (Phi) is 2.84. The molecule has 1 aliphatic heterocycles. The van der Waals surface area contributed by atoms with Crippen LogP contribution in [0.2, 0.25) is 0 Å². The van der Waals surface area contributed by atoms with Crippen molar-refractivity contribution in [3.63, 3.8) is 0 Å². The molecule has 0 aliphatic carbocycles. The van der Waals surface area contributed by atoms with Gasteiger partial charge in [-0.25, -0.2) is 0 Å². The van der Waals surface area contributed by atoms with Crippen LogP contribution in [0, 0.1) is 0 Å². The van der Waals surface area contributed by atoms with Crippen LogP contribution in [0.15, 0.2) is 72.8 Å². The number of rotatable bonds is 0. The normalized spacial score (nSPS) is 12.5. The van der Waals surface area contributed by atoms with Gasteiger partial charge in [-0.3, -0.25) is 0 Å². The summed E-state index contributed by atoms with van der Waals surface area (Å²) in [6.07, 6.45) is 0. The highest BCUT2D eigenvalue weighted by Crippen LogP contribution is 2.46. The van der Waals surface area contributed by atoms with Gasteiger partial charge in [0.1, 0.15) is 0 Å². The summed E-state index contributed by atoms with van der Waals surface area (Å²) in [7, 11) is 0. The molecule has 0 aromatic heterocycles. The third-order valence-corrected chi connectivity index (χ3v) is 5.08. The molecule has 0 atom stereocenters. The van der Waals surface area contributed by atoms with Gasteiger partial charge in [0.2, 0.25) is 0 Å². The predicted molar refractivity (Wildman–Crippen MR) is 93.9 cm³/mol. The van der Waals surface area contributed by atoms with Crippen LogP contribution in [-0.2, 0) is 0 Å². The molecular formula is C20H12AlO2. The summed E-state index contributed by atoms with van der Waals surface area (Å²) >= 11 is -0.553. The number of benzene rings is 4. The number of hydrogen-bond acceptors (Lipinski definition) is 2. The van der Waals surface area contributed by atoms with E-state index in [2.05, 4.69) is 72.8 Å². The predicted octanol–water partition coefficient (Wildman–Crippen LogP) is 4.97. The molecule has 0 unspecified atom stereocenters. The molecule has 4 aromatic carbocycles. The van der Waals surface area contributed by atoms with Gasteiger partial charge in [0, 0.05) is 11.1 Å². The van der Waals surface area contributed by atoms with Gasteiger partial charge in [-0.1, -0.05) is 60.7 Å². The monoisotopic (exact) mass is 311 g/mol. The molecule has 0 saturated heterocycles. The molecule has 1 radical (unpaired) electrons. The van der Waals surface area contributed by atoms with E-state index in [4.69, 9.17) is 7.58 Å². The SMILES string of the molecule is c1ccc2c3c(ccc2c1)[O][Al][O]c1ccc2ccccc2c1-3. The molecule has 5 rings (SSSR count). The van der Waals surface area contributed by atoms with E-state index in [-0.39, 0.29) is 0 Å². The Labute approximate surface area is 140 Å². The first-order valence-corrected chi connectivity index (χ1v) is 8.55. The van der Waals surface area contributed by atoms with E-state index < -0.39 is 15.9 Å². The maximum Gasteiger partial charge on any atom is 0.881 e. The van der Waals surface area contributed by atoms with Gasteiger partial charge < -0.3 is 7.58 Å². The molecule has 107 valence electrons. The maximum atomic E-state index is 5.95. The quantitative estimate of drug-likeness (QED) is 0.427. The summed E-state index contributed by atoms with van der Waals surface area (Å²) in [4.78, 5) is 0. The molecule has 2 nitrogen and oxygen atoms in total. The average Bonchev–Trinajstić information content (AvgIpc) is 2.81. The third-order valence-electron chi connectivity index (χ3n) is 4.38. The highest BCUT2D eigenvalue weighted by Gasteiger charge is 2.23. The second kappa shape index (κ2) is 5.03. The fourth-order valence-corrected chi connectivity index (χ4v) is 3.99. The molecule has 1 heterocycles. The van der Waals surface area contributed by atoms with Crippen molar-refractivity contribution in [3.05, 3.63) is 72.8 Å². The van der Waals surface area contributed by atoms with E-state index in [1.807, 2.05) is 0 Å². The van der Waals surface area contributed by atoms with E-state index in [0.717, 1.165) is 22.6 Å². The van der Waals surface area contributed by atoms with Gasteiger partial charge in [0.25, 0.3) is 0 Å². The van der Waals surface area contributed by atoms with Crippen molar-refractivity contribution in [1.82, 2.24) is 0 Å². The first-order valence-electron chi connectivity index (χ1n) is 7.61. The van der Waals surface area contributed by atoms with Gasteiger partial charge in [-0.05, 0) is 33.7 Å². The smallest absolute Gasteiger partial charge is 0.615 e. The summed E-state index contributed by atoms with van der Waals surface area (Å²) in [5.41, 5.74) is 2.28. The molecule has 0 amide bonds. The van der Waals surface area contributed by atoms with Gasteiger partial charge in [0.05, 0.1) is 11.5 Å². The van der Waals surface area contributed by atoms with Crippen LogP contribution in [0.4, 0.5) is 0 Å². The summed E-state index contributed by atoms with van der Waals surface area (Å²) in [6.45, 7) is 0. The van der Waals surface area contributed by atoms with E-state index in [9.17, 15) is 0 Å². The molecule has 0 bridgehead atoms. The lowest BCUT2D eigenvalue weighted by atomic mass is 9.92. The highest BCUT2D eigenvalue weighted by atomic mass is 27.2. The van der Waals surface area contributed by atoms with Crippen molar-refractivity contribution >= 4 is 37.4 Å². The van der Waals surface area contributed by atoms with Crippen molar-refractivity contribution in [2.75, 3.05) is 0 Å². The molecule has 0 fully saturated rings. The van der Waals surface area contributed by atoms with Crippen LogP contribution in [-0.4, -0.2) is 15.9 Å². The molecule has 4 aromatic rings. The molecular weight excluding hydrogens is 299 g/mol. The summed E-state index contributed by atoms with van der Waals surface area (Å²) in [6, 6.07) is 25.2. The van der Waals surface area contributed by atoms with E-state index in [1.165, 1.54) is 21.5 Å². The molecule has 1 aliphatic rings. The highest BCUT2D eigenvalue weighted by molar-refractivity contribution is 6.24. The fourth-order valence-electron chi connectivity index (χ4n) is 3.34. The van der Waals surface area contributed by atoms with Gasteiger partial charge in [-0.15, -0.1) is 0 Å². The topological polar surface area (TPSA) is 18.5 Å². The molecule has 3 heteroatoms. The zero-order chi connectivity index (χ0) is 15.2. The Hall–Kier alpha value is -2.47. The standard InChI is InChI=1S/C20H14O2.Al/c21-17-11-9-13-5-1-3-7-15(13)19(17)20-16-8-4-2-6-14(16)10-12-18(20)22;/h1-12,21-22H;/q;+2/p-2. The lowest BCUT2D eigenvalue weighted by molar-refractivity contribution is 0.468. The first kappa shape index (κ1) is 13.0. The van der Waals surface area contributed by atoms with Crippen molar-refractivity contribution in [1.29, 1.82) is 0 Å². The molecule has 0 N–H and O–H groups in total. The second-order valence-corrected chi connectivity index (χ2v) is 6.32. The summed E-state index contributed by atoms with van der Waals surface area (Å²) in [5, 5.41) is 4.83. The van der Waals surface area contributed by atoms with E-state index in [1.54, 1.807) is 0 Å². The van der Waals surface area contributed by atoms with Crippen molar-refractivity contribution in [2.24, 2.45) is 0 Å². The van der Waals surface area contributed by atoms with E-state index in [0.29, 0.717) is 0 Å². The lowest BCUT2D eigenvalue weighted by Gasteiger charge is -2.15. The molecule has 0 saturated carbocycles. The van der Waals surface area contributed by atoms with Gasteiger partial charge >= 0.3 is 15.9 Å². The lowest BCUT2D eigenvalue weighted by Crippen LogP contribution is -2.08. The summed E-state index contributed by atoms with van der Waals surface area (Å²) in [5.74, 6) is 1.82. The minimum Gasteiger partial charge on any atom is -0.615 e. The Morgan fingerprint density at radius 2 is 1.00 bits per heavy atom. The van der Waals surface area contributed by atoms with Gasteiger partial charge in [-0.2, -0.15) is 0 Å². The van der Waals surface area contributed by atoms with Crippen molar-refractivity contribution < 1.29 is 7.58 Å². The Morgan fingerprint density at radius 1 is 0.522 bits per heavy atom. The van der Waals surface area contributed by atoms with E-state index >= 15 is 0 Å². The Balaban J connectivity index is 2.01. The minimum absolute atomic E-state index is 0.553. The van der Waals surface area contributed by atoms with Crippen LogP contribution in [0.3, 0.4) is 0 Å². The third kappa shape index (κ3) is 1.95. The molecule has 0 spiro atoms. The number of fused-ring (bicyclic) bond motifs is 7. The van der Waals surface area contributed by atoms with Crippen LogP contribution in [0.1, 0.15) is 0 Å². The van der Waals surface area contributed by atoms with Crippen LogP contribution in [0.25, 0.3) is 32.7 Å². The van der Waals surface area contributed by atoms with Gasteiger partial charge in [0.15, 0.2) is 0 Å². The second-order valence-electron chi connectivity index (χ2n) is 5.65. The minimum atomic E-state index is -0.553. The summed E-state index contributed by atoms with van der Waals surface area (Å²) < 4.78 is 11.9. The van der Waals surface area contributed by atoms with Crippen LogP contribution in [0.5, 0.6) is 11.5 Å². The van der Waals surface area contributed by atoms with Crippen molar-refractivity contribution in [2.45, 2.75) is 0 Å². The maximum absolute atomic E-state index is 5.95. The zero-order valence-corrected chi connectivity index (χ0v) is 13.5. The van der Waals surface area contributed by atoms with Crippen LogP contribution < -0.4 is 7.58 Å². The number of hydrogen-bond donors (Lipinski definition) is 0. The molecule has 23 heavy (non-hydrogen) atoms. The average molecular weight is 311 g/mol. The Bertz CT molecular complexity index is 971. The largest absolute Gasteiger partial charge is 0.881 e. The fraction of sp³-hybridized carbons (Fsp3) is 0. The van der Waals surface area contributed by atoms with Crippen molar-refractivity contribution in [3.8, 4) is 22.6 Å². The van der Waals surface area contributed by atoms with Crippen LogP contribution >= 0.6 is 0 Å².